The summed E-state index contributed by atoms with van der Waals surface area (Å²) in [7, 11) is 3.19. The third-order valence-corrected chi connectivity index (χ3v) is 19.8. The number of carboxylic acids is 1. The van der Waals surface area contributed by atoms with E-state index >= 15 is 0 Å². The number of carboxylic acid groups (broad SMARTS) is 1. The number of rotatable bonds is 24. The van der Waals surface area contributed by atoms with Gasteiger partial charge in [0.1, 0.15) is 75.9 Å². The Hall–Kier alpha value is -9.81. The molecule has 15 N–H and O–H groups in total. The van der Waals surface area contributed by atoms with Gasteiger partial charge in [0.15, 0.2) is 5.28 Å². The van der Waals surface area contributed by atoms with E-state index in [4.69, 9.17) is 85.1 Å². The van der Waals surface area contributed by atoms with Crippen molar-refractivity contribution in [2.45, 2.75) is 134 Å². The molecule has 0 aliphatic heterocycles. The molecule has 0 unspecified atom stereocenters. The Morgan fingerprint density at radius 2 is 1.07 bits per heavy atom. The number of Topliss-reactive ketones (excluding diaryl/α,β-unsaturated/α-hetero) is 2. The van der Waals surface area contributed by atoms with E-state index < -0.39 is 83.1 Å². The van der Waals surface area contributed by atoms with Crippen LogP contribution in [0.4, 0.5) is 22.0 Å². The smallest absolute Gasteiger partial charge is 0.870 e. The fourth-order valence-corrected chi connectivity index (χ4v) is 13.0. The zero-order valence-electron chi connectivity index (χ0n) is 67.8. The monoisotopic (exact) mass is 1810 g/mol. The second kappa shape index (κ2) is 56.1. The number of methoxy groups -OCH3 is 2. The molecular formula is C81H90Cl5F5LiN14NaO16+2. The summed E-state index contributed by atoms with van der Waals surface area (Å²) in [6, 6.07) is 21.5. The summed E-state index contributed by atoms with van der Waals surface area (Å²) in [5, 5.41) is 54.3. The van der Waals surface area contributed by atoms with Gasteiger partial charge >= 0.3 is 72.3 Å². The molecule has 5 aromatic carbocycles. The van der Waals surface area contributed by atoms with Gasteiger partial charge in [-0.25, -0.2) is 41.1 Å². The van der Waals surface area contributed by atoms with Gasteiger partial charge in [-0.3, -0.25) is 24.0 Å². The van der Waals surface area contributed by atoms with Crippen molar-refractivity contribution in [3.8, 4) is 12.1 Å². The molecule has 0 spiro atoms. The number of aromatic nitrogens is 3. The van der Waals surface area contributed by atoms with Crippen molar-refractivity contribution in [1.29, 1.82) is 10.5 Å². The van der Waals surface area contributed by atoms with Crippen LogP contribution in [0, 0.1) is 75.4 Å². The minimum Gasteiger partial charge on any atom is -0.870 e. The summed E-state index contributed by atoms with van der Waals surface area (Å²) in [5.74, 6) is -0.531. The first-order chi connectivity index (χ1) is 57.3. The number of halogens is 10. The SMILES string of the molecule is C=Cc1cc(Cl)ccc1F.CCOC(=O)CON=[NH2+].COC(=O)/C(=C/c1cc(Cl)ccc1F)[NH+]=NN.COC(=O)c1cc2c(F)ccc(Cl)c2[nH]1.C[O-].N#C[C@H](C[C@@H]1CCCCC1=O)NC(=O)[C@@H](N)CC1CC1.N#C[C@H](C[C@@H]1CCCCC1=O)NC(=O)[C@H](CC1CC1)NC(=O)c1cc2c(F)ccc(Cl)c2[nH]1.O=C(O)c1cc2c(F)ccc(Cl)c2[nH]1.[Li+].[Na+].[OH-]. The molecule has 0 radical (unpaired) electrons. The van der Waals surface area contributed by atoms with E-state index in [0.717, 1.165) is 71.3 Å². The van der Waals surface area contributed by atoms with Gasteiger partial charge in [0.25, 0.3) is 5.91 Å². The van der Waals surface area contributed by atoms with Crippen LogP contribution in [-0.2, 0) is 47.8 Å². The van der Waals surface area contributed by atoms with Crippen LogP contribution < -0.4 is 91.7 Å². The van der Waals surface area contributed by atoms with Crippen LogP contribution in [0.2, 0.25) is 25.1 Å². The van der Waals surface area contributed by atoms with Gasteiger partial charge in [-0.1, -0.05) is 109 Å². The molecule has 4 fully saturated rings. The number of ether oxygens (including phenoxy) is 3. The Balaban J connectivity index is 0.000000503. The number of carbonyl (C=O) groups excluding carboxylic acids is 8. The average Bonchev–Trinajstić information content (AvgIpc) is 1.66. The Morgan fingerprint density at radius 3 is 1.48 bits per heavy atom. The van der Waals surface area contributed by atoms with Gasteiger partial charge in [-0.05, 0) is 161 Å². The van der Waals surface area contributed by atoms with Crippen molar-refractivity contribution >= 4 is 156 Å². The summed E-state index contributed by atoms with van der Waals surface area (Å²) in [6.07, 6.45) is 15.2. The number of nitriles is 2. The molecule has 3 aromatic heterocycles. The van der Waals surface area contributed by atoms with Gasteiger partial charge < -0.3 is 71.4 Å². The standard InChI is InChI=1S/C24H26ClFN4O3.C15H23N3O2.C10H9ClFN3O2.C10H7ClFNO2.C9H5ClFNO2.C8H6ClF.C4H8N2O3.CH3O.Li.Na.H2O/c25-17-7-8-18(26)16-11-20(29-22(16)17)24(33)30-19(9-13-5-6-13)23(32)28-15(12-27)10-14-3-1-2-4-21(14)31;16-9-12(8-11-3-1-2-4-14(11)19)18-15(20)13(17)7-10-5-6-10;1-17-10(16)9(14-15-13)5-6-4-7(11)2-3-8(6)12;1-15-10(14)8-4-5-7(12)3-2-6(11)9(5)13-8;10-5-1-2-6(11)4-3-7(9(13)14)12-8(4)5;1-2-6-5-7(9)3-4-8(6)10;1-2-8-4(7)3-9-6-5;1-2;;;/h7-8,11,13-15,19,29H,1-6,9-10H2,(H,28,32)(H,30,33);10-13H,1-8,17H2,(H,18,20);2-5H,1H3,(H2,13,14);2-4,13H,1H3;1-3,12H,(H,13,14);2-5H,1H2;5H,2-3H2,1H3;1H3;;;1H2/q;;;;;;;-1;2*+1;/p+1/b;;9-5-;;;;;;;;/t14-,15-,19-;11-,12-,13-;;;;;;;;;/m00........./s1. The zero-order valence-corrected chi connectivity index (χ0v) is 73.6. The molecule has 4 aliphatic rings. The topological polar surface area (TPSA) is 511 Å². The Labute approximate surface area is 762 Å². The number of aromatic amines is 3. The van der Waals surface area contributed by atoms with Gasteiger partial charge in [0, 0.05) is 68.1 Å². The summed E-state index contributed by atoms with van der Waals surface area (Å²) in [4.78, 5) is 117. The number of fused-ring (bicyclic) bond motifs is 3. The van der Waals surface area contributed by atoms with E-state index in [0.29, 0.717) is 92.8 Å². The number of nitrogens with one attached hydrogen (secondary N) is 7. The quantitative estimate of drug-likeness (QED) is 0.00504. The van der Waals surface area contributed by atoms with Crippen molar-refractivity contribution in [2.75, 3.05) is 34.5 Å². The molecule has 6 atom stereocenters. The summed E-state index contributed by atoms with van der Waals surface area (Å²) >= 11 is 29.0. The van der Waals surface area contributed by atoms with Crippen molar-refractivity contribution in [3.63, 3.8) is 0 Å². The zero-order chi connectivity index (χ0) is 88.9. The maximum absolute atomic E-state index is 14.1. The van der Waals surface area contributed by atoms with Crippen molar-refractivity contribution in [1.82, 2.24) is 30.9 Å². The summed E-state index contributed by atoms with van der Waals surface area (Å²) < 4.78 is 80.0. The fourth-order valence-electron chi connectivity index (χ4n) is 12.0. The first-order valence-electron chi connectivity index (χ1n) is 37.1. The molecule has 3 heterocycles. The summed E-state index contributed by atoms with van der Waals surface area (Å²) in [6.45, 7) is 5.26. The number of hydrogen-bond donors (Lipinski definition) is 11. The van der Waals surface area contributed by atoms with Gasteiger partial charge in [-0.2, -0.15) is 23.5 Å². The predicted octanol–water partition coefficient (Wildman–Crippen LogP) is 5.72. The van der Waals surface area contributed by atoms with Crippen LogP contribution in [0.15, 0.2) is 114 Å². The molecular weight excluding hydrogens is 1730 g/mol. The number of benzene rings is 5. The second-order valence-electron chi connectivity index (χ2n) is 27.0. The van der Waals surface area contributed by atoms with Crippen molar-refractivity contribution in [2.24, 2.45) is 45.7 Å². The maximum atomic E-state index is 14.1. The fraction of sp³-hybridized carbons (Fsp3) is 0.370. The number of carbonyl (C=O) groups is 9. The van der Waals surface area contributed by atoms with Crippen LogP contribution in [0.1, 0.15) is 152 Å². The number of nitrogens with zero attached hydrogens (tertiary/aromatic N) is 4. The molecule has 3 amide bonds. The molecule has 650 valence electrons. The van der Waals surface area contributed by atoms with Crippen LogP contribution in [0.25, 0.3) is 44.9 Å². The van der Waals surface area contributed by atoms with E-state index in [9.17, 15) is 70.4 Å². The first-order valence-corrected chi connectivity index (χ1v) is 39.0. The third kappa shape index (κ3) is 35.8. The number of ketones is 2. The molecule has 123 heavy (non-hydrogen) atoms. The van der Waals surface area contributed by atoms with Crippen LogP contribution >= 0.6 is 58.0 Å². The van der Waals surface area contributed by atoms with Crippen LogP contribution in [0.5, 0.6) is 0 Å². The van der Waals surface area contributed by atoms with Gasteiger partial charge in [0.2, 0.25) is 24.1 Å². The van der Waals surface area contributed by atoms with E-state index in [1.165, 1.54) is 117 Å². The number of hydrogen-bond acceptors (Lipinski definition) is 20. The van der Waals surface area contributed by atoms with E-state index in [1.54, 1.807) is 6.92 Å². The van der Waals surface area contributed by atoms with E-state index in [-0.39, 0.29) is 152 Å². The van der Waals surface area contributed by atoms with E-state index in [1.807, 2.05) is 0 Å². The Kier molecular flexibility index (Phi) is 49.9. The predicted molar refractivity (Wildman–Crippen MR) is 436 cm³/mol. The number of H-pyrrole nitrogens is 3. The summed E-state index contributed by atoms with van der Waals surface area (Å²) in [5.41, 5.74) is 12.1. The Bertz CT molecular complexity index is 4990. The second-order valence-corrected chi connectivity index (χ2v) is 29.1. The molecule has 12 rings (SSSR count). The number of amides is 3. The number of aromatic carboxylic acids is 1. The first kappa shape index (κ1) is 109. The van der Waals surface area contributed by atoms with Gasteiger partial charge in [-0.15, -0.1) is 10.6 Å². The molecule has 42 heteroatoms. The maximum Gasteiger partial charge on any atom is 1.00 e. The minimum atomic E-state index is -1.14. The van der Waals surface area contributed by atoms with Crippen LogP contribution in [-0.4, -0.2) is 137 Å². The Morgan fingerprint density at radius 1 is 0.642 bits per heavy atom. The van der Waals surface area contributed by atoms with Crippen molar-refractivity contribution in [3.05, 3.63) is 186 Å². The minimum absolute atomic E-state index is 0. The largest absolute Gasteiger partial charge is 1.00 e. The molecule has 4 saturated carbocycles. The number of esters is 3. The van der Waals surface area contributed by atoms with Crippen LogP contribution in [0.3, 0.4) is 0 Å². The molecule has 4 aliphatic carbocycles. The molecule has 8 aromatic rings. The molecule has 0 saturated heterocycles. The average molecular weight is 1820 g/mol. The van der Waals surface area contributed by atoms with Gasteiger partial charge in [0.05, 0.1) is 75.8 Å². The number of nitrogens with two attached hydrogens (primary N) is 3. The third-order valence-electron chi connectivity index (χ3n) is 18.4. The molecule has 30 nitrogen and oxygen atoms in total. The van der Waals surface area contributed by atoms with E-state index in [2.05, 4.69) is 89.8 Å². The molecule has 0 bridgehead atoms. The normalized spacial score (nSPS) is 15.1. The van der Waals surface area contributed by atoms with Crippen molar-refractivity contribution < 1.29 is 159 Å².